The first-order valence-corrected chi connectivity index (χ1v) is 4.73. The Morgan fingerprint density at radius 2 is 1.21 bits per heavy atom. The van der Waals surface area contributed by atoms with Gasteiger partial charge in [-0.05, 0) is 25.0 Å². The van der Waals surface area contributed by atoms with Gasteiger partial charge in [0.2, 0.25) is 0 Å². The summed E-state index contributed by atoms with van der Waals surface area (Å²) in [6.45, 7) is 4.18. The Labute approximate surface area is 83.7 Å². The van der Waals surface area contributed by atoms with Crippen LogP contribution in [0.25, 0.3) is 11.4 Å². The molecule has 0 bridgehead atoms. The van der Waals surface area contributed by atoms with Gasteiger partial charge in [-0.15, -0.1) is 0 Å². The van der Waals surface area contributed by atoms with E-state index in [0.717, 1.165) is 11.4 Å². The second-order valence-electron chi connectivity index (χ2n) is 3.56. The van der Waals surface area contributed by atoms with Gasteiger partial charge in [-0.3, -0.25) is 0 Å². The Morgan fingerprint density at radius 3 is 1.57 bits per heavy atom. The van der Waals surface area contributed by atoms with Crippen LogP contribution < -0.4 is 9.97 Å². The van der Waals surface area contributed by atoms with Gasteiger partial charge in [0.25, 0.3) is 11.4 Å². The van der Waals surface area contributed by atoms with Crippen LogP contribution in [-0.2, 0) is 0 Å². The van der Waals surface area contributed by atoms with Gasteiger partial charge in [0.1, 0.15) is 0 Å². The van der Waals surface area contributed by atoms with E-state index < -0.39 is 0 Å². The van der Waals surface area contributed by atoms with E-state index in [2.05, 4.69) is 48.1 Å². The molecule has 70 valence electrons. The van der Waals surface area contributed by atoms with Gasteiger partial charge >= 0.3 is 0 Å². The van der Waals surface area contributed by atoms with Crippen LogP contribution >= 0.6 is 0 Å². The molecular weight excluding hydrogens is 172 g/mol. The maximum Gasteiger partial charge on any atom is 0.275 e. The van der Waals surface area contributed by atoms with Crippen molar-refractivity contribution >= 4 is 0 Å². The van der Waals surface area contributed by atoms with Gasteiger partial charge in [-0.2, -0.15) is 0 Å². The predicted octanol–water partition coefficient (Wildman–Crippen LogP) is 1.60. The smallest absolute Gasteiger partial charge is 0.206 e. The molecule has 2 heterocycles. The van der Waals surface area contributed by atoms with Crippen LogP contribution in [0, 0.1) is 13.8 Å². The topological polar surface area (TPSA) is 28.3 Å². The second kappa shape index (κ2) is 3.58. The number of aryl methyl sites for hydroxylation is 2. The van der Waals surface area contributed by atoms with Crippen molar-refractivity contribution in [3.63, 3.8) is 0 Å². The molecule has 2 N–H and O–H groups in total. The molecule has 0 saturated carbocycles. The fourth-order valence-corrected chi connectivity index (χ4v) is 1.47. The Morgan fingerprint density at radius 1 is 0.786 bits per heavy atom. The highest BCUT2D eigenvalue weighted by Crippen LogP contribution is 2.10. The summed E-state index contributed by atoms with van der Waals surface area (Å²) in [5.74, 6) is 0. The van der Waals surface area contributed by atoms with Crippen LogP contribution in [0.4, 0.5) is 0 Å². The summed E-state index contributed by atoms with van der Waals surface area (Å²) in [5.41, 5.74) is 4.75. The van der Waals surface area contributed by atoms with E-state index in [0.29, 0.717) is 0 Å². The van der Waals surface area contributed by atoms with E-state index in [4.69, 9.17) is 0 Å². The lowest BCUT2D eigenvalue weighted by Gasteiger charge is -1.92. The fraction of sp³-hybridized carbons (Fsp3) is 0.167. The molecule has 0 fully saturated rings. The van der Waals surface area contributed by atoms with Crippen molar-refractivity contribution in [3.8, 4) is 11.4 Å². The van der Waals surface area contributed by atoms with Crippen LogP contribution in [0.5, 0.6) is 0 Å². The van der Waals surface area contributed by atoms with Crippen molar-refractivity contribution < 1.29 is 9.97 Å². The zero-order chi connectivity index (χ0) is 9.97. The number of hydrogen-bond acceptors (Lipinski definition) is 0. The van der Waals surface area contributed by atoms with E-state index in [1.54, 1.807) is 0 Å². The number of hydrogen-bond donors (Lipinski definition) is 0. The molecule has 2 heteroatoms. The minimum Gasteiger partial charge on any atom is -0.206 e. The molecule has 0 aliphatic heterocycles. The molecule has 0 aliphatic carbocycles. The molecule has 2 nitrogen and oxygen atoms in total. The Hall–Kier alpha value is -1.70. The standard InChI is InChI=1S/C12H12N2/c1-9-3-5-13-11(7-9)12-8-10(2)4-6-14-12/h3-8H,1-2H3/p+2. The quantitative estimate of drug-likeness (QED) is 0.647. The summed E-state index contributed by atoms with van der Waals surface area (Å²) in [6.07, 6.45) is 3.92. The van der Waals surface area contributed by atoms with Crippen LogP contribution in [0.1, 0.15) is 11.1 Å². The van der Waals surface area contributed by atoms with Crippen molar-refractivity contribution in [2.24, 2.45) is 0 Å². The van der Waals surface area contributed by atoms with Crippen molar-refractivity contribution in [2.75, 3.05) is 0 Å². The maximum atomic E-state index is 3.22. The number of aromatic amines is 2. The van der Waals surface area contributed by atoms with E-state index in [9.17, 15) is 0 Å². The average molecular weight is 186 g/mol. The minimum absolute atomic E-state index is 1.12. The third kappa shape index (κ3) is 1.79. The summed E-state index contributed by atoms with van der Waals surface area (Å²) in [5, 5.41) is 0. The molecule has 2 aromatic heterocycles. The number of H-pyrrole nitrogens is 2. The van der Waals surface area contributed by atoms with E-state index in [-0.39, 0.29) is 0 Å². The highest BCUT2D eigenvalue weighted by atomic mass is 14.8. The lowest BCUT2D eigenvalue weighted by molar-refractivity contribution is -0.402. The molecule has 14 heavy (non-hydrogen) atoms. The highest BCUT2D eigenvalue weighted by molar-refractivity contribution is 5.48. The maximum absolute atomic E-state index is 3.22. The molecule has 2 rings (SSSR count). The summed E-state index contributed by atoms with van der Waals surface area (Å²) < 4.78 is 0. The second-order valence-corrected chi connectivity index (χ2v) is 3.56. The average Bonchev–Trinajstić information content (AvgIpc) is 2.18. The van der Waals surface area contributed by atoms with E-state index >= 15 is 0 Å². The number of nitrogens with one attached hydrogen (secondary N) is 2. The van der Waals surface area contributed by atoms with E-state index in [1.807, 2.05) is 12.4 Å². The normalized spacial score (nSPS) is 10.1. The zero-order valence-electron chi connectivity index (χ0n) is 8.46. The van der Waals surface area contributed by atoms with Crippen LogP contribution in [0.3, 0.4) is 0 Å². The first kappa shape index (κ1) is 8.88. The van der Waals surface area contributed by atoms with Gasteiger partial charge in [0, 0.05) is 24.3 Å². The van der Waals surface area contributed by atoms with Crippen molar-refractivity contribution in [3.05, 3.63) is 47.8 Å². The lowest BCUT2D eigenvalue weighted by atomic mass is 10.1. The molecule has 0 aromatic carbocycles. The third-order valence-electron chi connectivity index (χ3n) is 2.20. The lowest BCUT2D eigenvalue weighted by Crippen LogP contribution is -2.14. The first-order chi connectivity index (χ1) is 6.75. The third-order valence-corrected chi connectivity index (χ3v) is 2.20. The predicted molar refractivity (Wildman–Crippen MR) is 54.5 cm³/mol. The van der Waals surface area contributed by atoms with Crippen molar-refractivity contribution in [2.45, 2.75) is 13.8 Å². The van der Waals surface area contributed by atoms with Gasteiger partial charge in [-0.25, -0.2) is 9.97 Å². The molecule has 0 spiro atoms. The molecular formula is C12H14N2+2. The largest absolute Gasteiger partial charge is 0.275 e. The van der Waals surface area contributed by atoms with E-state index in [1.165, 1.54) is 11.1 Å². The van der Waals surface area contributed by atoms with Gasteiger partial charge < -0.3 is 0 Å². The highest BCUT2D eigenvalue weighted by Gasteiger charge is 2.11. The van der Waals surface area contributed by atoms with Crippen LogP contribution in [0.15, 0.2) is 36.7 Å². The first-order valence-electron chi connectivity index (χ1n) is 4.73. The Kier molecular flexibility index (Phi) is 2.27. The van der Waals surface area contributed by atoms with Crippen molar-refractivity contribution in [1.29, 1.82) is 0 Å². The van der Waals surface area contributed by atoms with Gasteiger partial charge in [0.15, 0.2) is 12.4 Å². The summed E-state index contributed by atoms with van der Waals surface area (Å²) in [7, 11) is 0. The molecule has 0 saturated heterocycles. The monoisotopic (exact) mass is 186 g/mol. The molecule has 0 aliphatic rings. The molecule has 0 radical (unpaired) electrons. The summed E-state index contributed by atoms with van der Waals surface area (Å²) >= 11 is 0. The number of aromatic nitrogens is 2. The molecule has 2 aromatic rings. The SMILES string of the molecule is Cc1cc[nH+]c(-c2cc(C)cc[nH+]2)c1. The molecule has 0 amide bonds. The van der Waals surface area contributed by atoms with Crippen LogP contribution in [0.2, 0.25) is 0 Å². The van der Waals surface area contributed by atoms with Gasteiger partial charge in [-0.1, -0.05) is 0 Å². The Bertz CT molecular complexity index is 406. The fourth-order valence-electron chi connectivity index (χ4n) is 1.47. The number of pyridine rings is 2. The summed E-state index contributed by atoms with van der Waals surface area (Å²) in [6, 6.07) is 8.37. The van der Waals surface area contributed by atoms with Crippen LogP contribution in [-0.4, -0.2) is 0 Å². The van der Waals surface area contributed by atoms with Gasteiger partial charge in [0.05, 0.1) is 0 Å². The molecule has 0 unspecified atom stereocenters. The number of rotatable bonds is 1. The van der Waals surface area contributed by atoms with Crippen molar-refractivity contribution in [1.82, 2.24) is 0 Å². The Balaban J connectivity index is 2.49. The minimum atomic E-state index is 1.12. The molecule has 0 atom stereocenters. The zero-order valence-corrected chi connectivity index (χ0v) is 8.46. The summed E-state index contributed by atoms with van der Waals surface area (Å²) in [4.78, 5) is 6.44.